The molecule has 0 saturated heterocycles. The molecule has 11 nitrogen and oxygen atoms in total. The molecular formula is C42H35N11Pt. The van der Waals surface area contributed by atoms with Gasteiger partial charge in [-0.3, -0.25) is 4.98 Å². The van der Waals surface area contributed by atoms with Crippen LogP contribution in [0.2, 0.25) is 0 Å². The third-order valence-electron chi connectivity index (χ3n) is 8.64. The van der Waals surface area contributed by atoms with Crippen molar-refractivity contribution in [3.8, 4) is 23.3 Å². The quantitative estimate of drug-likeness (QED) is 0.163. The first-order chi connectivity index (χ1) is 28.0. The molecule has 0 atom stereocenters. The normalized spacial score (nSPS) is 13.7. The fourth-order valence-electron chi connectivity index (χ4n) is 6.41. The van der Waals surface area contributed by atoms with Gasteiger partial charge in [0.05, 0.1) is 29.0 Å². The summed E-state index contributed by atoms with van der Waals surface area (Å²) >= 11 is 0. The summed E-state index contributed by atoms with van der Waals surface area (Å²) < 4.78 is 48.4. The molecule has 0 aliphatic carbocycles. The number of rotatable bonds is 6. The summed E-state index contributed by atoms with van der Waals surface area (Å²) in [6, 6.07) is 26.2. The number of hydrogen-bond donors (Lipinski definition) is 1. The number of aryl methyl sites for hydroxylation is 4. The molecule has 4 aromatic carbocycles. The van der Waals surface area contributed by atoms with E-state index in [1.54, 1.807) is 24.0 Å². The van der Waals surface area contributed by atoms with Crippen molar-refractivity contribution in [2.45, 2.75) is 27.7 Å². The van der Waals surface area contributed by atoms with Gasteiger partial charge in [0.25, 0.3) is 0 Å². The Morgan fingerprint density at radius 2 is 1.46 bits per heavy atom. The van der Waals surface area contributed by atoms with Gasteiger partial charge in [-0.1, -0.05) is 29.8 Å². The molecule has 54 heavy (non-hydrogen) atoms. The smallest absolute Gasteiger partial charge is 0.657 e. The zero-order chi connectivity index (χ0) is 42.2. The largest absolute Gasteiger partial charge is 4.00 e. The number of fused-ring (bicyclic) bond motifs is 4. The maximum absolute atomic E-state index is 8.88. The molecular weight excluding hydrogens is 854 g/mol. The summed E-state index contributed by atoms with van der Waals surface area (Å²) in [5, 5.41) is 22.7. The molecule has 0 amide bonds. The van der Waals surface area contributed by atoms with E-state index < -0.39 is 14.0 Å². The fraction of sp³-hybridized carbons (Fsp3) is 0.143. The summed E-state index contributed by atoms with van der Waals surface area (Å²) in [5.74, 6) is 0.692. The Bertz CT molecular complexity index is 2720. The number of anilines is 5. The van der Waals surface area contributed by atoms with Crippen molar-refractivity contribution in [3.05, 3.63) is 138 Å². The van der Waals surface area contributed by atoms with Crippen LogP contribution in [0.5, 0.6) is 0 Å². The molecule has 3 aromatic heterocycles. The standard InChI is InChI=1S/C28H29N8.C14H6N3.Pt/c1-18-11-19(2)25(20(3)12-18)22-13-23(33-16-34(5)26-21(4)29-7-8-30-26)15-24(14-22)36-17-35(6)27-28(36)32-10-9-31-27;15-7-9-1-3-13-11(5-9)12-6-10(8-16)2-4-14(12)17-13;/h7-14,16-17,33H,1-6H3;1-6H;/q-3;-1;+4/i5D3,6D3;;. The van der Waals surface area contributed by atoms with Crippen LogP contribution in [-0.4, -0.2) is 33.9 Å². The summed E-state index contributed by atoms with van der Waals surface area (Å²) in [5.41, 5.74) is 9.31. The Labute approximate surface area is 337 Å². The van der Waals surface area contributed by atoms with Crippen molar-refractivity contribution in [3.63, 3.8) is 0 Å². The number of nitrogens with zero attached hydrogens (tertiary/aromatic N) is 10. The Balaban J connectivity index is 0.000000278. The first kappa shape index (κ1) is 30.2. The molecule has 0 radical (unpaired) electrons. The van der Waals surface area contributed by atoms with E-state index in [0.29, 0.717) is 34.0 Å². The van der Waals surface area contributed by atoms with Gasteiger partial charge in [-0.05, 0) is 93.4 Å². The topological polar surface area (TPSA) is 135 Å². The van der Waals surface area contributed by atoms with Crippen LogP contribution in [0.25, 0.3) is 32.9 Å². The summed E-state index contributed by atoms with van der Waals surface area (Å²) in [4.78, 5) is 25.3. The first-order valence-electron chi connectivity index (χ1n) is 19.4. The molecule has 7 aromatic rings. The maximum Gasteiger partial charge on any atom is 4.00 e. The van der Waals surface area contributed by atoms with E-state index in [-0.39, 0.29) is 32.7 Å². The van der Waals surface area contributed by atoms with Gasteiger partial charge in [0.1, 0.15) is 17.5 Å². The van der Waals surface area contributed by atoms with Crippen LogP contribution >= 0.6 is 0 Å². The van der Waals surface area contributed by atoms with E-state index >= 15 is 0 Å². The van der Waals surface area contributed by atoms with Gasteiger partial charge in [0.2, 0.25) is 0 Å². The summed E-state index contributed by atoms with van der Waals surface area (Å²) in [6.45, 7) is 5.45. The number of hydrogen-bond acceptors (Lipinski definition) is 10. The van der Waals surface area contributed by atoms with Crippen LogP contribution in [0.15, 0.2) is 85.5 Å². The average molecular weight is 895 g/mol. The Hall–Kier alpha value is -6.29. The second kappa shape index (κ2) is 15.8. The van der Waals surface area contributed by atoms with Gasteiger partial charge in [-0.15, -0.1) is 52.8 Å². The van der Waals surface area contributed by atoms with Crippen LogP contribution in [0, 0.1) is 69.8 Å². The molecule has 0 saturated carbocycles. The fourth-order valence-corrected chi connectivity index (χ4v) is 6.41. The third kappa shape index (κ3) is 7.45. The van der Waals surface area contributed by atoms with E-state index in [0.717, 1.165) is 59.4 Å². The number of nitriles is 2. The Morgan fingerprint density at radius 1 is 0.833 bits per heavy atom. The van der Waals surface area contributed by atoms with Crippen molar-refractivity contribution in [2.24, 2.45) is 0 Å². The van der Waals surface area contributed by atoms with Gasteiger partial charge in [-0.2, -0.15) is 17.2 Å². The predicted molar refractivity (Wildman–Crippen MR) is 209 cm³/mol. The third-order valence-corrected chi connectivity index (χ3v) is 8.64. The summed E-state index contributed by atoms with van der Waals surface area (Å²) in [7, 11) is 0. The Morgan fingerprint density at radius 3 is 2.07 bits per heavy atom. The van der Waals surface area contributed by atoms with Gasteiger partial charge >= 0.3 is 21.1 Å². The van der Waals surface area contributed by atoms with Gasteiger partial charge in [0, 0.05) is 33.0 Å². The first-order valence-corrected chi connectivity index (χ1v) is 16.4. The van der Waals surface area contributed by atoms with Crippen molar-refractivity contribution >= 4 is 50.6 Å². The average Bonchev–Trinajstić information content (AvgIpc) is 3.76. The van der Waals surface area contributed by atoms with Crippen LogP contribution < -0.4 is 25.0 Å². The van der Waals surface area contributed by atoms with Crippen molar-refractivity contribution in [1.82, 2.24) is 24.9 Å². The molecule has 1 aliphatic rings. The molecule has 12 heteroatoms. The zero-order valence-electron chi connectivity index (χ0n) is 35.5. The minimum atomic E-state index is -2.56. The predicted octanol–water partition coefficient (Wildman–Crippen LogP) is 8.03. The molecule has 268 valence electrons. The molecule has 1 N–H and O–H groups in total. The SMILES string of the molecule is N#Cc1ccc2[n-]c3ccc(C#N)cc3c2c1.[2H]C([2H])([2H])N([CH-]Nc1[c-]c(N2[CH-]N(C([2H])([2H])[2H])c3nccnc32)cc(-c2c(C)cc(C)cc2C)c1)c1nccnc1C.[Pt+4]. The maximum atomic E-state index is 8.88. The monoisotopic (exact) mass is 894 g/mol. The van der Waals surface area contributed by atoms with Crippen LogP contribution in [0.4, 0.5) is 28.8 Å². The minimum absolute atomic E-state index is 0. The molecule has 0 unspecified atom stereocenters. The van der Waals surface area contributed by atoms with E-state index in [2.05, 4.69) is 60.6 Å². The van der Waals surface area contributed by atoms with Crippen molar-refractivity contribution < 1.29 is 29.3 Å². The number of nitrogens with one attached hydrogen (secondary N) is 1. The van der Waals surface area contributed by atoms with E-state index in [1.165, 1.54) is 38.1 Å². The second-order valence-electron chi connectivity index (χ2n) is 12.4. The van der Waals surface area contributed by atoms with Crippen LogP contribution in [-0.2, 0) is 21.1 Å². The number of aromatic nitrogens is 5. The van der Waals surface area contributed by atoms with Gasteiger partial charge in [-0.25, -0.2) is 15.0 Å². The molecule has 0 spiro atoms. The zero-order valence-corrected chi connectivity index (χ0v) is 31.8. The molecule has 0 bridgehead atoms. The molecule has 4 heterocycles. The summed E-state index contributed by atoms with van der Waals surface area (Å²) in [6.07, 6.45) is 5.86. The van der Waals surface area contributed by atoms with Crippen molar-refractivity contribution in [2.75, 3.05) is 34.0 Å². The van der Waals surface area contributed by atoms with Crippen molar-refractivity contribution in [1.29, 1.82) is 10.5 Å². The van der Waals surface area contributed by atoms with E-state index in [4.69, 9.17) is 18.7 Å². The van der Waals surface area contributed by atoms with Gasteiger partial charge in [0.15, 0.2) is 0 Å². The molecule has 0 fully saturated rings. The number of benzene rings is 4. The van der Waals surface area contributed by atoms with Gasteiger partial charge < -0.3 is 25.0 Å². The van der Waals surface area contributed by atoms with Crippen LogP contribution in [0.3, 0.4) is 0 Å². The van der Waals surface area contributed by atoms with Crippen LogP contribution in [0.1, 0.15) is 41.7 Å². The Kier molecular flexibility index (Phi) is 8.81. The van der Waals surface area contributed by atoms with E-state index in [9.17, 15) is 0 Å². The van der Waals surface area contributed by atoms with E-state index in [1.807, 2.05) is 57.2 Å². The molecule has 8 rings (SSSR count). The molecule has 1 aliphatic heterocycles. The minimum Gasteiger partial charge on any atom is -0.657 e. The second-order valence-corrected chi connectivity index (χ2v) is 12.4.